The van der Waals surface area contributed by atoms with E-state index >= 15 is 0 Å². The Hall–Kier alpha value is -1.79. The molecule has 0 radical (unpaired) electrons. The molecule has 0 unspecified atom stereocenters. The van der Waals surface area contributed by atoms with Gasteiger partial charge in [0.15, 0.2) is 0 Å². The van der Waals surface area contributed by atoms with Crippen molar-refractivity contribution < 1.29 is 0 Å². The monoisotopic (exact) mass is 275 g/mol. The van der Waals surface area contributed by atoms with E-state index in [0.29, 0.717) is 5.82 Å². The van der Waals surface area contributed by atoms with Gasteiger partial charge >= 0.3 is 0 Å². The molecule has 5 nitrogen and oxygen atoms in total. The number of hydrogen-bond acceptors (Lipinski definition) is 6. The number of nitrogens with one attached hydrogen (secondary N) is 1. The molecule has 6 heteroatoms. The zero-order valence-corrected chi connectivity index (χ0v) is 12.0. The second-order valence-electron chi connectivity index (χ2n) is 4.31. The molecule has 0 bridgehead atoms. The number of aromatic nitrogens is 2. The zero-order valence-electron chi connectivity index (χ0n) is 11.2. The van der Waals surface area contributed by atoms with Gasteiger partial charge in [-0.05, 0) is 33.2 Å². The number of nitrogens with zero attached hydrogens (tertiary/aromatic N) is 3. The second-order valence-corrected chi connectivity index (χ2v) is 5.43. The maximum absolute atomic E-state index is 5.68. The Kier molecular flexibility index (Phi) is 4.24. The highest BCUT2D eigenvalue weighted by molar-refractivity contribution is 7.98. The van der Waals surface area contributed by atoms with E-state index in [1.54, 1.807) is 6.20 Å². The van der Waals surface area contributed by atoms with E-state index in [-0.39, 0.29) is 0 Å². The highest BCUT2D eigenvalue weighted by atomic mass is 32.2. The van der Waals surface area contributed by atoms with E-state index < -0.39 is 0 Å². The van der Waals surface area contributed by atoms with Crippen LogP contribution in [0, 0.1) is 6.92 Å². The van der Waals surface area contributed by atoms with Gasteiger partial charge in [-0.2, -0.15) is 0 Å². The SMILES string of the molecule is Cc1nc(-c2cccc(NSN(C)C)c2)cnc1N. The number of hydrogen-bond donors (Lipinski definition) is 2. The third kappa shape index (κ3) is 3.59. The molecule has 3 N–H and O–H groups in total. The molecule has 0 spiro atoms. The smallest absolute Gasteiger partial charge is 0.144 e. The van der Waals surface area contributed by atoms with Gasteiger partial charge in [0.05, 0.1) is 17.6 Å². The molecule has 0 atom stereocenters. The van der Waals surface area contributed by atoms with Crippen LogP contribution in [-0.4, -0.2) is 28.4 Å². The Morgan fingerprint density at radius 2 is 2.11 bits per heavy atom. The van der Waals surface area contributed by atoms with E-state index in [1.807, 2.05) is 49.6 Å². The van der Waals surface area contributed by atoms with Crippen LogP contribution < -0.4 is 10.5 Å². The molecule has 0 saturated heterocycles. The van der Waals surface area contributed by atoms with Gasteiger partial charge in [-0.25, -0.2) is 14.3 Å². The summed E-state index contributed by atoms with van der Waals surface area (Å²) in [5.41, 5.74) is 9.29. The maximum atomic E-state index is 5.68. The van der Waals surface area contributed by atoms with Crippen LogP contribution in [0.4, 0.5) is 11.5 Å². The average Bonchev–Trinajstić information content (AvgIpc) is 2.40. The molecular weight excluding hydrogens is 258 g/mol. The standard InChI is InChI=1S/C13H17N5S/c1-9-13(14)15-8-12(16-9)10-5-4-6-11(7-10)17-19-18(2)3/h4-8,17H,1-3H3,(H2,14,15). The first-order chi connectivity index (χ1) is 9.06. The molecule has 0 aliphatic rings. The van der Waals surface area contributed by atoms with Crippen molar-refractivity contribution in [1.29, 1.82) is 0 Å². The first-order valence-corrected chi connectivity index (χ1v) is 6.63. The third-order valence-corrected chi connectivity index (χ3v) is 3.18. The minimum atomic E-state index is 0.473. The van der Waals surface area contributed by atoms with Gasteiger partial charge in [0, 0.05) is 23.4 Å². The van der Waals surface area contributed by atoms with Gasteiger partial charge in [0.2, 0.25) is 0 Å². The van der Waals surface area contributed by atoms with E-state index in [0.717, 1.165) is 22.6 Å². The lowest BCUT2D eigenvalue weighted by Crippen LogP contribution is -2.04. The predicted octanol–water partition coefficient (Wildman–Crippen LogP) is 2.57. The van der Waals surface area contributed by atoms with E-state index in [9.17, 15) is 0 Å². The van der Waals surface area contributed by atoms with Gasteiger partial charge in [-0.15, -0.1) is 0 Å². The van der Waals surface area contributed by atoms with Crippen molar-refractivity contribution in [2.75, 3.05) is 24.6 Å². The first-order valence-electron chi connectivity index (χ1n) is 5.86. The summed E-state index contributed by atoms with van der Waals surface area (Å²) in [6, 6.07) is 8.04. The van der Waals surface area contributed by atoms with Crippen LogP contribution in [0.1, 0.15) is 5.69 Å². The summed E-state index contributed by atoms with van der Waals surface area (Å²) in [4.78, 5) is 8.59. The van der Waals surface area contributed by atoms with Crippen molar-refractivity contribution in [2.45, 2.75) is 6.92 Å². The van der Waals surface area contributed by atoms with Gasteiger partial charge < -0.3 is 10.5 Å². The molecule has 0 saturated carbocycles. The van der Waals surface area contributed by atoms with Gasteiger partial charge in [0.1, 0.15) is 5.82 Å². The summed E-state index contributed by atoms with van der Waals surface area (Å²) in [6.45, 7) is 1.86. The van der Waals surface area contributed by atoms with Gasteiger partial charge in [0.25, 0.3) is 0 Å². The Morgan fingerprint density at radius 1 is 1.32 bits per heavy atom. The summed E-state index contributed by atoms with van der Waals surface area (Å²) in [5, 5.41) is 0. The van der Waals surface area contributed by atoms with Crippen LogP contribution in [-0.2, 0) is 0 Å². The van der Waals surface area contributed by atoms with E-state index in [1.165, 1.54) is 12.1 Å². The first kappa shape index (κ1) is 13.6. The molecule has 1 aromatic carbocycles. The fourth-order valence-electron chi connectivity index (χ4n) is 1.52. The van der Waals surface area contributed by atoms with Crippen LogP contribution in [0.3, 0.4) is 0 Å². The minimum absolute atomic E-state index is 0.473. The van der Waals surface area contributed by atoms with Crippen molar-refractivity contribution in [2.24, 2.45) is 0 Å². The topological polar surface area (TPSA) is 67.1 Å². The lowest BCUT2D eigenvalue weighted by molar-refractivity contribution is 0.706. The number of aryl methyl sites for hydroxylation is 1. The van der Waals surface area contributed by atoms with Crippen molar-refractivity contribution in [3.63, 3.8) is 0 Å². The number of nitrogens with two attached hydrogens (primary N) is 1. The highest BCUT2D eigenvalue weighted by Crippen LogP contribution is 2.23. The van der Waals surface area contributed by atoms with Gasteiger partial charge in [-0.3, -0.25) is 0 Å². The second kappa shape index (κ2) is 5.90. The minimum Gasteiger partial charge on any atom is -0.382 e. The van der Waals surface area contributed by atoms with Crippen LogP contribution in [0.15, 0.2) is 30.5 Å². The number of nitrogen functional groups attached to an aromatic ring is 1. The van der Waals surface area contributed by atoms with E-state index in [2.05, 4.69) is 14.7 Å². The summed E-state index contributed by atoms with van der Waals surface area (Å²) >= 11 is 1.52. The predicted molar refractivity (Wildman–Crippen MR) is 81.5 cm³/mol. The summed E-state index contributed by atoms with van der Waals surface area (Å²) in [6.07, 6.45) is 1.69. The Balaban J connectivity index is 2.24. The van der Waals surface area contributed by atoms with Crippen LogP contribution in [0.5, 0.6) is 0 Å². The molecule has 1 heterocycles. The molecule has 2 aromatic rings. The fourth-order valence-corrected chi connectivity index (χ4v) is 1.93. The maximum Gasteiger partial charge on any atom is 0.144 e. The molecule has 0 aliphatic heterocycles. The molecule has 0 fully saturated rings. The average molecular weight is 275 g/mol. The fraction of sp³-hybridized carbons (Fsp3) is 0.231. The number of benzene rings is 1. The van der Waals surface area contributed by atoms with Crippen molar-refractivity contribution in [3.05, 3.63) is 36.2 Å². The summed E-state index contributed by atoms with van der Waals surface area (Å²) < 4.78 is 5.24. The van der Waals surface area contributed by atoms with Gasteiger partial charge in [-0.1, -0.05) is 12.1 Å². The van der Waals surface area contributed by atoms with Crippen molar-refractivity contribution >= 4 is 23.6 Å². The highest BCUT2D eigenvalue weighted by Gasteiger charge is 2.04. The summed E-state index contributed by atoms with van der Waals surface area (Å²) in [5.74, 6) is 0.473. The molecule has 1 aromatic heterocycles. The third-order valence-electron chi connectivity index (χ3n) is 2.49. The van der Waals surface area contributed by atoms with Crippen LogP contribution >= 0.6 is 12.1 Å². The van der Waals surface area contributed by atoms with Crippen molar-refractivity contribution in [1.82, 2.24) is 14.3 Å². The lowest BCUT2D eigenvalue weighted by Gasteiger charge is -2.11. The van der Waals surface area contributed by atoms with Crippen LogP contribution in [0.25, 0.3) is 11.3 Å². The Bertz CT molecular complexity index is 571. The molecule has 100 valence electrons. The Morgan fingerprint density at radius 3 is 2.79 bits per heavy atom. The molecule has 2 rings (SSSR count). The quantitative estimate of drug-likeness (QED) is 0.836. The van der Waals surface area contributed by atoms with Crippen LogP contribution in [0.2, 0.25) is 0 Å². The molecule has 19 heavy (non-hydrogen) atoms. The zero-order chi connectivity index (χ0) is 13.8. The number of anilines is 2. The van der Waals surface area contributed by atoms with E-state index in [4.69, 9.17) is 5.73 Å². The largest absolute Gasteiger partial charge is 0.382 e. The molecule has 0 aliphatic carbocycles. The lowest BCUT2D eigenvalue weighted by atomic mass is 10.1. The summed E-state index contributed by atoms with van der Waals surface area (Å²) in [7, 11) is 3.96. The molecule has 0 amide bonds. The Labute approximate surface area is 117 Å². The number of rotatable bonds is 4. The van der Waals surface area contributed by atoms with Crippen molar-refractivity contribution in [3.8, 4) is 11.3 Å². The normalized spacial score (nSPS) is 10.7. The molecular formula is C13H17N5S.